The maximum Gasteiger partial charge on any atom is 0.194 e. The highest BCUT2D eigenvalue weighted by Crippen LogP contribution is 2.45. The maximum absolute atomic E-state index is 15.6. The molecule has 0 saturated carbocycles. The van der Waals surface area contributed by atoms with E-state index < -0.39 is 17.8 Å². The number of benzene rings is 1. The monoisotopic (exact) mass is 548 g/mol. The molecule has 5 heterocycles. The van der Waals surface area contributed by atoms with E-state index in [1.807, 2.05) is 23.9 Å². The summed E-state index contributed by atoms with van der Waals surface area (Å²) >= 11 is 0. The van der Waals surface area contributed by atoms with Crippen molar-refractivity contribution in [2.45, 2.75) is 18.6 Å². The van der Waals surface area contributed by atoms with Gasteiger partial charge in [-0.1, -0.05) is 0 Å². The van der Waals surface area contributed by atoms with E-state index in [9.17, 15) is 9.18 Å². The zero-order valence-corrected chi connectivity index (χ0v) is 22.6. The van der Waals surface area contributed by atoms with E-state index in [-0.39, 0.29) is 29.8 Å². The molecule has 207 valence electrons. The lowest BCUT2D eigenvalue weighted by Crippen LogP contribution is -2.38. The van der Waals surface area contributed by atoms with Crippen LogP contribution in [0.3, 0.4) is 0 Å². The van der Waals surface area contributed by atoms with Crippen LogP contribution in [0.1, 0.15) is 12.0 Å². The third kappa shape index (κ3) is 3.98. The summed E-state index contributed by atoms with van der Waals surface area (Å²) in [6.45, 7) is 4.46. The first-order valence-electron chi connectivity index (χ1n) is 13.0. The standard InChI is InChI=1S/C29H29F3N7O/c1-14-11-38(5)29-18(27(14)40)6-15(9-35-29)19-10-34-28-23(22-24(32)20(31)8-21(33-2)25(22)36-28)26(19)39-12-16(30)7-17(39)13-37(3)4/h6,8-11,16-17,33H,1,7,12-13H2,2-5H3,(H,34,36)/t16-,17-/m0/s1. The molecule has 1 radical (unpaired) electrons. The Balaban J connectivity index is 1.73. The molecule has 1 aromatic carbocycles. The normalized spacial score (nSPS) is 17.7. The highest BCUT2D eigenvalue weighted by atomic mass is 19.2. The molecule has 4 aromatic heterocycles. The Labute approximate surface area is 228 Å². The number of hydrogen-bond acceptors (Lipinski definition) is 6. The molecule has 5 aromatic rings. The van der Waals surface area contributed by atoms with E-state index in [0.29, 0.717) is 62.2 Å². The second-order valence-electron chi connectivity index (χ2n) is 10.7. The summed E-state index contributed by atoms with van der Waals surface area (Å²) in [7, 11) is 7.22. The third-order valence-electron chi connectivity index (χ3n) is 7.66. The molecule has 11 heteroatoms. The molecule has 0 unspecified atom stereocenters. The number of rotatable bonds is 5. The zero-order valence-electron chi connectivity index (χ0n) is 22.6. The van der Waals surface area contributed by atoms with Gasteiger partial charge in [0.2, 0.25) is 0 Å². The molecule has 0 aliphatic carbocycles. The van der Waals surface area contributed by atoms with Crippen LogP contribution in [0.25, 0.3) is 44.1 Å². The summed E-state index contributed by atoms with van der Waals surface area (Å²) in [5, 5.41) is 3.65. The fourth-order valence-corrected chi connectivity index (χ4v) is 5.96. The molecule has 1 fully saturated rings. The number of alkyl halides is 1. The predicted molar refractivity (Wildman–Crippen MR) is 153 cm³/mol. The van der Waals surface area contributed by atoms with Crippen LogP contribution in [0, 0.1) is 18.6 Å². The van der Waals surface area contributed by atoms with E-state index >= 15 is 8.78 Å². The predicted octanol–water partition coefficient (Wildman–Crippen LogP) is 4.61. The molecule has 6 rings (SSSR count). The number of pyridine rings is 3. The van der Waals surface area contributed by atoms with Gasteiger partial charge in [0, 0.05) is 81.0 Å². The van der Waals surface area contributed by atoms with Crippen LogP contribution in [0.5, 0.6) is 0 Å². The van der Waals surface area contributed by atoms with Crippen molar-refractivity contribution in [1.82, 2.24) is 24.4 Å². The van der Waals surface area contributed by atoms with Gasteiger partial charge in [-0.3, -0.25) is 4.79 Å². The molecule has 0 amide bonds. The molecule has 0 spiro atoms. The van der Waals surface area contributed by atoms with Crippen molar-refractivity contribution in [3.63, 3.8) is 0 Å². The molecule has 8 nitrogen and oxygen atoms in total. The van der Waals surface area contributed by atoms with Crippen LogP contribution in [0.4, 0.5) is 24.5 Å². The van der Waals surface area contributed by atoms with E-state index in [4.69, 9.17) is 0 Å². The van der Waals surface area contributed by atoms with Crippen LogP contribution in [-0.4, -0.2) is 70.9 Å². The molecule has 1 aliphatic heterocycles. The molecular formula is C29H29F3N7O. The lowest BCUT2D eigenvalue weighted by Gasteiger charge is -2.31. The number of fused-ring (bicyclic) bond motifs is 4. The fraction of sp³-hybridized carbons (Fsp3) is 0.310. The minimum absolute atomic E-state index is 0.0271. The second-order valence-corrected chi connectivity index (χ2v) is 10.7. The number of likely N-dealkylation sites (N-methyl/N-ethyl adjacent to an activating group) is 1. The second kappa shape index (κ2) is 9.51. The van der Waals surface area contributed by atoms with E-state index in [1.165, 1.54) is 0 Å². The van der Waals surface area contributed by atoms with Crippen molar-refractivity contribution >= 4 is 44.3 Å². The van der Waals surface area contributed by atoms with Gasteiger partial charge >= 0.3 is 0 Å². The number of nitrogens with zero attached hydrogens (tertiary/aromatic N) is 5. The van der Waals surface area contributed by atoms with Crippen molar-refractivity contribution in [3.05, 3.63) is 65.1 Å². The number of aromatic amines is 1. The number of hydrogen-bond donors (Lipinski definition) is 2. The number of anilines is 2. The first-order valence-corrected chi connectivity index (χ1v) is 13.0. The van der Waals surface area contributed by atoms with Crippen molar-refractivity contribution in [1.29, 1.82) is 0 Å². The van der Waals surface area contributed by atoms with Gasteiger partial charge in [0.1, 0.15) is 17.5 Å². The Morgan fingerprint density at radius 2 is 1.98 bits per heavy atom. The molecule has 0 bridgehead atoms. The van der Waals surface area contributed by atoms with Crippen molar-refractivity contribution < 1.29 is 13.2 Å². The summed E-state index contributed by atoms with van der Waals surface area (Å²) in [5.74, 6) is -2.03. The maximum atomic E-state index is 15.6. The average molecular weight is 549 g/mol. The van der Waals surface area contributed by atoms with E-state index in [1.54, 1.807) is 43.3 Å². The summed E-state index contributed by atoms with van der Waals surface area (Å²) < 4.78 is 47.2. The molecule has 2 atom stereocenters. The van der Waals surface area contributed by atoms with Crippen LogP contribution >= 0.6 is 0 Å². The van der Waals surface area contributed by atoms with Gasteiger partial charge in [-0.05, 0) is 27.1 Å². The van der Waals surface area contributed by atoms with Gasteiger partial charge in [-0.2, -0.15) is 0 Å². The molecule has 1 saturated heterocycles. The van der Waals surface area contributed by atoms with Gasteiger partial charge in [0.15, 0.2) is 17.1 Å². The lowest BCUT2D eigenvalue weighted by molar-refractivity contribution is 0.330. The first-order chi connectivity index (χ1) is 19.1. The summed E-state index contributed by atoms with van der Waals surface area (Å²) in [6, 6.07) is 2.56. The Morgan fingerprint density at radius 3 is 2.70 bits per heavy atom. The Hall–Kier alpha value is -4.12. The largest absolute Gasteiger partial charge is 0.386 e. The number of halogens is 3. The molecule has 1 aliphatic rings. The van der Waals surface area contributed by atoms with Crippen molar-refractivity contribution in [2.24, 2.45) is 7.05 Å². The van der Waals surface area contributed by atoms with Gasteiger partial charge in [0.25, 0.3) is 0 Å². The van der Waals surface area contributed by atoms with Gasteiger partial charge in [-0.25, -0.2) is 23.1 Å². The summed E-state index contributed by atoms with van der Waals surface area (Å²) in [5.41, 5.74) is 3.20. The molecular weight excluding hydrogens is 519 g/mol. The van der Waals surface area contributed by atoms with Gasteiger partial charge < -0.3 is 24.7 Å². The van der Waals surface area contributed by atoms with Crippen molar-refractivity contribution in [2.75, 3.05) is 44.4 Å². The topological polar surface area (TPSA) is 82.1 Å². The van der Waals surface area contributed by atoms with E-state index in [2.05, 4.69) is 27.2 Å². The third-order valence-corrected chi connectivity index (χ3v) is 7.66. The first kappa shape index (κ1) is 26.1. The van der Waals surface area contributed by atoms with Crippen LogP contribution in [0.15, 0.2) is 35.5 Å². The minimum atomic E-state index is -1.11. The quantitative estimate of drug-likeness (QED) is 0.334. The Bertz CT molecular complexity index is 1860. The Kier molecular flexibility index (Phi) is 6.21. The SMILES string of the molecule is [CH2]c1cn(C)c2ncc(-c3cnc4[nH]c5c(NC)cc(F)c(F)c5c4c3N3C[C@@H](F)C[C@H]3CN(C)C)cc2c1=O. The summed E-state index contributed by atoms with van der Waals surface area (Å²) in [6.07, 6.45) is 4.02. The number of aryl methyl sites for hydroxylation is 1. The van der Waals surface area contributed by atoms with Gasteiger partial charge in [-0.15, -0.1) is 0 Å². The number of H-pyrrole nitrogens is 1. The van der Waals surface area contributed by atoms with Crippen LogP contribution in [-0.2, 0) is 7.05 Å². The zero-order chi connectivity index (χ0) is 28.5. The highest BCUT2D eigenvalue weighted by molar-refractivity contribution is 6.18. The lowest BCUT2D eigenvalue weighted by atomic mass is 10.0. The van der Waals surface area contributed by atoms with Crippen molar-refractivity contribution in [3.8, 4) is 11.1 Å². The molecule has 2 N–H and O–H groups in total. The van der Waals surface area contributed by atoms with Crippen LogP contribution < -0.4 is 15.6 Å². The van der Waals surface area contributed by atoms with Gasteiger partial charge in [0.05, 0.1) is 33.1 Å². The highest BCUT2D eigenvalue weighted by Gasteiger charge is 2.36. The fourth-order valence-electron chi connectivity index (χ4n) is 5.96. The van der Waals surface area contributed by atoms with Crippen LogP contribution in [0.2, 0.25) is 0 Å². The van der Waals surface area contributed by atoms with E-state index in [0.717, 1.165) is 6.07 Å². The Morgan fingerprint density at radius 1 is 1.20 bits per heavy atom. The summed E-state index contributed by atoms with van der Waals surface area (Å²) in [4.78, 5) is 29.2. The minimum Gasteiger partial charge on any atom is -0.386 e. The number of aromatic nitrogens is 4. The number of nitrogens with one attached hydrogen (secondary N) is 2. The molecule has 40 heavy (non-hydrogen) atoms. The smallest absolute Gasteiger partial charge is 0.194 e. The average Bonchev–Trinajstić information content (AvgIpc) is 3.48.